The molecule has 2 aromatic rings. The lowest BCUT2D eigenvalue weighted by molar-refractivity contribution is -0.122. The molecule has 138 valence electrons. The predicted octanol–water partition coefficient (Wildman–Crippen LogP) is 3.59. The van der Waals surface area contributed by atoms with Crippen molar-refractivity contribution in [3.63, 3.8) is 0 Å². The molecule has 1 aliphatic heterocycles. The van der Waals surface area contributed by atoms with E-state index in [0.717, 1.165) is 4.90 Å². The van der Waals surface area contributed by atoms with Crippen molar-refractivity contribution >= 4 is 61.5 Å². The number of imide groups is 2. The van der Waals surface area contributed by atoms with Crippen LogP contribution in [0.25, 0.3) is 6.08 Å². The Bertz CT molecular complexity index is 963. The van der Waals surface area contributed by atoms with Crippen LogP contribution in [0.3, 0.4) is 0 Å². The molecule has 2 N–H and O–H groups in total. The summed E-state index contributed by atoms with van der Waals surface area (Å²) in [6.07, 6.45) is 1.38. The number of barbiturate groups is 1. The van der Waals surface area contributed by atoms with Gasteiger partial charge in [-0.1, -0.05) is 0 Å². The predicted molar refractivity (Wildman–Crippen MR) is 106 cm³/mol. The molecule has 0 atom stereocenters. The normalized spacial score (nSPS) is 15.9. The van der Waals surface area contributed by atoms with Crippen LogP contribution in [0.1, 0.15) is 5.56 Å². The first-order chi connectivity index (χ1) is 12.8. The lowest BCUT2D eigenvalue weighted by atomic mass is 10.1. The van der Waals surface area contributed by atoms with Crippen LogP contribution in [0.5, 0.6) is 11.5 Å². The van der Waals surface area contributed by atoms with E-state index in [-0.39, 0.29) is 17.0 Å². The van der Waals surface area contributed by atoms with E-state index < -0.39 is 17.8 Å². The van der Waals surface area contributed by atoms with Crippen LogP contribution in [0.4, 0.5) is 10.5 Å². The van der Waals surface area contributed by atoms with Gasteiger partial charge < -0.3 is 9.84 Å². The van der Waals surface area contributed by atoms with Gasteiger partial charge in [-0.3, -0.25) is 14.9 Å². The number of carbonyl (C=O) groups excluding carboxylic acids is 3. The Labute approximate surface area is 170 Å². The van der Waals surface area contributed by atoms with Gasteiger partial charge in [0.1, 0.15) is 17.1 Å². The van der Waals surface area contributed by atoms with E-state index in [0.29, 0.717) is 20.3 Å². The number of urea groups is 1. The molecule has 1 fully saturated rings. The van der Waals surface area contributed by atoms with E-state index in [1.807, 2.05) is 0 Å². The first-order valence-electron chi connectivity index (χ1n) is 7.55. The van der Waals surface area contributed by atoms with E-state index in [2.05, 4.69) is 37.2 Å². The molecule has 27 heavy (non-hydrogen) atoms. The number of amides is 4. The molecule has 9 heteroatoms. The van der Waals surface area contributed by atoms with Crippen molar-refractivity contribution in [1.29, 1.82) is 0 Å². The van der Waals surface area contributed by atoms with Crippen LogP contribution in [-0.2, 0) is 9.59 Å². The minimum atomic E-state index is -0.857. The largest absolute Gasteiger partial charge is 0.508 e. The molecule has 0 unspecified atom stereocenters. The summed E-state index contributed by atoms with van der Waals surface area (Å²) in [7, 11) is 1.52. The van der Waals surface area contributed by atoms with Crippen LogP contribution in [0, 0.1) is 0 Å². The number of carbonyl (C=O) groups is 3. The summed E-state index contributed by atoms with van der Waals surface area (Å²) in [5, 5.41) is 11.5. The van der Waals surface area contributed by atoms with Gasteiger partial charge in [0.25, 0.3) is 11.8 Å². The lowest BCUT2D eigenvalue weighted by Crippen LogP contribution is -2.54. The molecule has 0 radical (unpaired) electrons. The fourth-order valence-electron chi connectivity index (χ4n) is 2.52. The number of rotatable bonds is 3. The molecule has 0 aromatic heterocycles. The first kappa shape index (κ1) is 19.1. The minimum absolute atomic E-state index is 0.0107. The summed E-state index contributed by atoms with van der Waals surface area (Å²) < 4.78 is 6.48. The third-order valence-electron chi connectivity index (χ3n) is 3.75. The smallest absolute Gasteiger partial charge is 0.335 e. The van der Waals surface area contributed by atoms with E-state index in [9.17, 15) is 19.5 Å². The minimum Gasteiger partial charge on any atom is -0.508 e. The van der Waals surface area contributed by atoms with Gasteiger partial charge in [0, 0.05) is 0 Å². The average molecular weight is 496 g/mol. The fourth-order valence-corrected chi connectivity index (χ4v) is 4.06. The third kappa shape index (κ3) is 3.74. The van der Waals surface area contributed by atoms with Crippen molar-refractivity contribution in [2.75, 3.05) is 12.0 Å². The van der Waals surface area contributed by atoms with Crippen molar-refractivity contribution in [3.05, 3.63) is 56.5 Å². The van der Waals surface area contributed by atoms with E-state index in [4.69, 9.17) is 4.74 Å². The van der Waals surface area contributed by atoms with Crippen LogP contribution in [0.15, 0.2) is 50.9 Å². The van der Waals surface area contributed by atoms with Crippen molar-refractivity contribution in [1.82, 2.24) is 5.32 Å². The molecule has 0 saturated carbocycles. The maximum absolute atomic E-state index is 12.8. The van der Waals surface area contributed by atoms with E-state index >= 15 is 0 Å². The van der Waals surface area contributed by atoms with Gasteiger partial charge >= 0.3 is 6.03 Å². The Hall–Kier alpha value is -2.65. The number of nitrogens with one attached hydrogen (secondary N) is 1. The number of nitrogens with zero attached hydrogens (tertiary/aromatic N) is 1. The number of phenols is 1. The van der Waals surface area contributed by atoms with Gasteiger partial charge in [-0.2, -0.15) is 0 Å². The Morgan fingerprint density at radius 2 is 1.67 bits per heavy atom. The van der Waals surface area contributed by atoms with Gasteiger partial charge in [-0.25, -0.2) is 9.69 Å². The highest BCUT2D eigenvalue weighted by molar-refractivity contribution is 9.11. The number of hydrogen-bond acceptors (Lipinski definition) is 5. The van der Waals surface area contributed by atoms with E-state index in [1.54, 1.807) is 12.1 Å². The van der Waals surface area contributed by atoms with Gasteiger partial charge in [-0.05, 0) is 79.9 Å². The molecule has 4 amide bonds. The number of methoxy groups -OCH3 is 1. The first-order valence-corrected chi connectivity index (χ1v) is 9.14. The molecule has 1 saturated heterocycles. The SMILES string of the molecule is COc1c(Br)cc(/C=C2\C(=O)NC(=O)N(c3ccc(O)cc3)C2=O)cc1Br. The fraction of sp³-hybridized carbons (Fsp3) is 0.0556. The zero-order valence-corrected chi connectivity index (χ0v) is 17.0. The number of halogens is 2. The summed E-state index contributed by atoms with van der Waals surface area (Å²) in [4.78, 5) is 38.0. The standard InChI is InChI=1S/C18H12Br2N2O5/c1-27-15-13(19)7-9(8-14(15)20)6-12-16(24)21-18(26)22(17(12)25)10-2-4-11(23)5-3-10/h2-8,23H,1H3,(H,21,24,26)/b12-6+. The molecule has 3 rings (SSSR count). The van der Waals surface area contributed by atoms with Gasteiger partial charge in [0.2, 0.25) is 0 Å². The number of ether oxygens (including phenoxy) is 1. The highest BCUT2D eigenvalue weighted by atomic mass is 79.9. The Kier molecular flexibility index (Phi) is 5.33. The lowest BCUT2D eigenvalue weighted by Gasteiger charge is -2.26. The summed E-state index contributed by atoms with van der Waals surface area (Å²) in [5.41, 5.74) is 0.575. The van der Waals surface area contributed by atoms with Crippen molar-refractivity contribution in [2.24, 2.45) is 0 Å². The summed E-state index contributed by atoms with van der Waals surface area (Å²) in [6, 6.07) is 7.99. The van der Waals surface area contributed by atoms with Gasteiger partial charge in [0.15, 0.2) is 0 Å². The van der Waals surface area contributed by atoms with Crippen LogP contribution < -0.4 is 15.0 Å². The number of benzene rings is 2. The van der Waals surface area contributed by atoms with Crippen molar-refractivity contribution < 1.29 is 24.2 Å². The van der Waals surface area contributed by atoms with Gasteiger partial charge in [-0.15, -0.1) is 0 Å². The van der Waals surface area contributed by atoms with Gasteiger partial charge in [0.05, 0.1) is 21.7 Å². The maximum atomic E-state index is 12.8. The van der Waals surface area contributed by atoms with Crippen molar-refractivity contribution in [2.45, 2.75) is 0 Å². The van der Waals surface area contributed by atoms with Crippen LogP contribution >= 0.6 is 31.9 Å². The zero-order valence-electron chi connectivity index (χ0n) is 13.8. The zero-order chi connectivity index (χ0) is 19.7. The molecule has 0 spiro atoms. The number of hydrogen-bond donors (Lipinski definition) is 2. The number of phenolic OH excluding ortho intramolecular Hbond substituents is 1. The second kappa shape index (κ2) is 7.53. The molecule has 1 aliphatic rings. The highest BCUT2D eigenvalue weighted by Gasteiger charge is 2.36. The molecule has 7 nitrogen and oxygen atoms in total. The average Bonchev–Trinajstić information content (AvgIpc) is 2.60. The second-order valence-electron chi connectivity index (χ2n) is 5.49. The Balaban J connectivity index is 2.03. The maximum Gasteiger partial charge on any atom is 0.335 e. The Morgan fingerprint density at radius 1 is 1.07 bits per heavy atom. The highest BCUT2D eigenvalue weighted by Crippen LogP contribution is 2.35. The van der Waals surface area contributed by atoms with Crippen molar-refractivity contribution in [3.8, 4) is 11.5 Å². The molecule has 0 aliphatic carbocycles. The Morgan fingerprint density at radius 3 is 2.22 bits per heavy atom. The monoisotopic (exact) mass is 494 g/mol. The molecular formula is C18H12Br2N2O5. The van der Waals surface area contributed by atoms with Crippen LogP contribution in [-0.4, -0.2) is 30.1 Å². The molecule has 0 bridgehead atoms. The number of aromatic hydroxyl groups is 1. The summed E-state index contributed by atoms with van der Waals surface area (Å²) >= 11 is 6.72. The van der Waals surface area contributed by atoms with Crippen LogP contribution in [0.2, 0.25) is 0 Å². The number of anilines is 1. The molecule has 1 heterocycles. The molecular weight excluding hydrogens is 484 g/mol. The van der Waals surface area contributed by atoms with E-state index in [1.165, 1.54) is 37.5 Å². The third-order valence-corrected chi connectivity index (χ3v) is 4.92. The summed E-state index contributed by atoms with van der Waals surface area (Å²) in [6.45, 7) is 0. The summed E-state index contributed by atoms with van der Waals surface area (Å²) in [5.74, 6) is -0.999. The second-order valence-corrected chi connectivity index (χ2v) is 7.20. The molecule has 2 aromatic carbocycles. The topological polar surface area (TPSA) is 95.9 Å². The quantitative estimate of drug-likeness (QED) is 0.501.